The van der Waals surface area contributed by atoms with Gasteiger partial charge >= 0.3 is 6.01 Å². The molecule has 0 radical (unpaired) electrons. The average molecular weight is 355 g/mol. The zero-order chi connectivity index (χ0) is 14.4. The van der Waals surface area contributed by atoms with Crippen molar-refractivity contribution < 1.29 is 4.74 Å². The normalized spacial score (nSPS) is 10.3. The van der Waals surface area contributed by atoms with E-state index in [1.165, 1.54) is 11.8 Å². The van der Waals surface area contributed by atoms with Crippen LogP contribution in [0.4, 0.5) is 5.95 Å². The number of aromatic nitrogens is 3. The molecule has 2 aromatic rings. The lowest BCUT2D eigenvalue weighted by Crippen LogP contribution is -2.07. The fourth-order valence-electron chi connectivity index (χ4n) is 1.42. The van der Waals surface area contributed by atoms with Gasteiger partial charge in [0.2, 0.25) is 11.1 Å². The van der Waals surface area contributed by atoms with Crippen molar-refractivity contribution in [1.29, 1.82) is 0 Å². The summed E-state index contributed by atoms with van der Waals surface area (Å²) in [6.45, 7) is 2.90. The zero-order valence-corrected chi connectivity index (χ0v) is 13.7. The SMILES string of the molecule is CCCNc1nc(OC)nc(Sc2ccccc2Br)n1. The Kier molecular flexibility index (Phi) is 5.60. The third-order valence-corrected chi connectivity index (χ3v) is 4.24. The number of methoxy groups -OCH3 is 1. The third-order valence-electron chi connectivity index (χ3n) is 2.35. The summed E-state index contributed by atoms with van der Waals surface area (Å²) in [6.07, 6.45) is 1.00. The number of hydrogen-bond acceptors (Lipinski definition) is 6. The fourth-order valence-corrected chi connectivity index (χ4v) is 2.71. The molecular formula is C13H15BrN4OS. The number of anilines is 1. The summed E-state index contributed by atoms with van der Waals surface area (Å²) in [5.74, 6) is 0.535. The summed E-state index contributed by atoms with van der Waals surface area (Å²) in [5, 5.41) is 3.74. The molecule has 0 atom stereocenters. The van der Waals surface area contributed by atoms with Crippen LogP contribution in [0.2, 0.25) is 0 Å². The number of rotatable bonds is 6. The maximum absolute atomic E-state index is 5.12. The van der Waals surface area contributed by atoms with E-state index in [9.17, 15) is 0 Å². The first-order valence-corrected chi connectivity index (χ1v) is 7.80. The highest BCUT2D eigenvalue weighted by atomic mass is 79.9. The van der Waals surface area contributed by atoms with Crippen LogP contribution in [-0.4, -0.2) is 28.6 Å². The topological polar surface area (TPSA) is 59.9 Å². The Balaban J connectivity index is 2.24. The number of ether oxygens (including phenoxy) is 1. The first-order chi connectivity index (χ1) is 9.72. The molecule has 0 saturated heterocycles. The molecule has 1 N–H and O–H groups in total. The second-order valence-electron chi connectivity index (χ2n) is 3.89. The highest BCUT2D eigenvalue weighted by molar-refractivity contribution is 9.10. The zero-order valence-electron chi connectivity index (χ0n) is 11.3. The van der Waals surface area contributed by atoms with Crippen molar-refractivity contribution in [3.05, 3.63) is 28.7 Å². The first kappa shape index (κ1) is 15.1. The smallest absolute Gasteiger partial charge is 0.321 e. The molecule has 20 heavy (non-hydrogen) atoms. The summed E-state index contributed by atoms with van der Waals surface area (Å²) in [5.41, 5.74) is 0. The van der Waals surface area contributed by atoms with Crippen molar-refractivity contribution >= 4 is 33.6 Å². The summed E-state index contributed by atoms with van der Waals surface area (Å²) < 4.78 is 6.12. The van der Waals surface area contributed by atoms with Crippen LogP contribution in [0.15, 0.2) is 38.8 Å². The van der Waals surface area contributed by atoms with Gasteiger partial charge in [-0.15, -0.1) is 0 Å². The molecule has 0 amide bonds. The summed E-state index contributed by atoms with van der Waals surface area (Å²) >= 11 is 4.97. The van der Waals surface area contributed by atoms with Gasteiger partial charge in [-0.05, 0) is 46.2 Å². The maximum Gasteiger partial charge on any atom is 0.321 e. The lowest BCUT2D eigenvalue weighted by Gasteiger charge is -2.07. The van der Waals surface area contributed by atoms with Crippen molar-refractivity contribution in [3.63, 3.8) is 0 Å². The molecule has 5 nitrogen and oxygen atoms in total. The van der Waals surface area contributed by atoms with Gasteiger partial charge in [0.15, 0.2) is 0 Å². The molecule has 7 heteroatoms. The van der Waals surface area contributed by atoms with E-state index < -0.39 is 0 Å². The first-order valence-electron chi connectivity index (χ1n) is 6.19. The molecule has 1 heterocycles. The second kappa shape index (κ2) is 7.44. The molecule has 0 unspecified atom stereocenters. The molecule has 1 aromatic carbocycles. The van der Waals surface area contributed by atoms with Gasteiger partial charge in [0.1, 0.15) is 0 Å². The van der Waals surface area contributed by atoms with Crippen LogP contribution >= 0.6 is 27.7 Å². The number of nitrogens with zero attached hydrogens (tertiary/aromatic N) is 3. The summed E-state index contributed by atoms with van der Waals surface area (Å²) in [4.78, 5) is 13.9. The Bertz CT molecular complexity index is 582. The monoisotopic (exact) mass is 354 g/mol. The number of benzene rings is 1. The molecule has 0 spiro atoms. The van der Waals surface area contributed by atoms with Crippen LogP contribution < -0.4 is 10.1 Å². The predicted molar refractivity (Wildman–Crippen MR) is 83.4 cm³/mol. The van der Waals surface area contributed by atoms with Gasteiger partial charge in [0.25, 0.3) is 0 Å². The van der Waals surface area contributed by atoms with Crippen LogP contribution in [0.3, 0.4) is 0 Å². The molecule has 0 bridgehead atoms. The van der Waals surface area contributed by atoms with Gasteiger partial charge in [-0.1, -0.05) is 19.1 Å². The van der Waals surface area contributed by atoms with Gasteiger partial charge in [-0.3, -0.25) is 0 Å². The molecule has 0 aliphatic rings. The molecule has 106 valence electrons. The largest absolute Gasteiger partial charge is 0.467 e. The van der Waals surface area contributed by atoms with Gasteiger partial charge in [-0.25, -0.2) is 0 Å². The molecule has 2 rings (SSSR count). The Morgan fingerprint density at radius 3 is 2.75 bits per heavy atom. The number of halogens is 1. The molecule has 0 fully saturated rings. The van der Waals surface area contributed by atoms with E-state index in [1.54, 1.807) is 7.11 Å². The maximum atomic E-state index is 5.12. The average Bonchev–Trinajstić information content (AvgIpc) is 2.47. The van der Waals surface area contributed by atoms with Gasteiger partial charge in [0, 0.05) is 15.9 Å². The van der Waals surface area contributed by atoms with Gasteiger partial charge < -0.3 is 10.1 Å². The quantitative estimate of drug-likeness (QED) is 0.854. The Labute approximate surface area is 130 Å². The van der Waals surface area contributed by atoms with E-state index in [0.29, 0.717) is 17.1 Å². The van der Waals surface area contributed by atoms with Crippen molar-refractivity contribution in [2.45, 2.75) is 23.4 Å². The Morgan fingerprint density at radius 2 is 2.05 bits per heavy atom. The van der Waals surface area contributed by atoms with Crippen molar-refractivity contribution in [3.8, 4) is 6.01 Å². The van der Waals surface area contributed by atoms with Crippen LogP contribution in [0.1, 0.15) is 13.3 Å². The highest BCUT2D eigenvalue weighted by Crippen LogP contribution is 2.32. The van der Waals surface area contributed by atoms with Gasteiger partial charge in [-0.2, -0.15) is 15.0 Å². The van der Waals surface area contributed by atoms with Crippen LogP contribution in [0, 0.1) is 0 Å². The minimum atomic E-state index is 0.313. The molecular weight excluding hydrogens is 340 g/mol. The Hall–Kier alpha value is -1.34. The standard InChI is InChI=1S/C13H15BrN4OS/c1-3-8-15-11-16-12(19-2)18-13(17-11)20-10-7-5-4-6-9(10)14/h4-7H,3,8H2,1-2H3,(H,15,16,17,18). The molecule has 0 saturated carbocycles. The summed E-state index contributed by atoms with van der Waals surface area (Å²) in [6, 6.07) is 8.24. The minimum Gasteiger partial charge on any atom is -0.467 e. The highest BCUT2D eigenvalue weighted by Gasteiger charge is 2.09. The lowest BCUT2D eigenvalue weighted by molar-refractivity contribution is 0.373. The van der Waals surface area contributed by atoms with Crippen LogP contribution in [-0.2, 0) is 0 Å². The minimum absolute atomic E-state index is 0.313. The van der Waals surface area contributed by atoms with E-state index in [1.807, 2.05) is 24.3 Å². The number of nitrogens with one attached hydrogen (secondary N) is 1. The van der Waals surface area contributed by atoms with E-state index in [4.69, 9.17) is 4.74 Å². The molecule has 0 aliphatic carbocycles. The molecule has 1 aromatic heterocycles. The van der Waals surface area contributed by atoms with Crippen LogP contribution in [0.5, 0.6) is 6.01 Å². The van der Waals surface area contributed by atoms with Crippen molar-refractivity contribution in [1.82, 2.24) is 15.0 Å². The van der Waals surface area contributed by atoms with E-state index in [0.717, 1.165) is 22.3 Å². The molecule has 0 aliphatic heterocycles. The van der Waals surface area contributed by atoms with E-state index in [2.05, 4.69) is 43.1 Å². The number of hydrogen-bond donors (Lipinski definition) is 1. The van der Waals surface area contributed by atoms with Crippen molar-refractivity contribution in [2.24, 2.45) is 0 Å². The van der Waals surface area contributed by atoms with E-state index >= 15 is 0 Å². The van der Waals surface area contributed by atoms with Gasteiger partial charge in [0.05, 0.1) is 7.11 Å². The summed E-state index contributed by atoms with van der Waals surface area (Å²) in [7, 11) is 1.55. The van der Waals surface area contributed by atoms with Crippen molar-refractivity contribution in [2.75, 3.05) is 19.0 Å². The van der Waals surface area contributed by atoms with E-state index in [-0.39, 0.29) is 0 Å². The predicted octanol–water partition coefficient (Wildman–Crippen LogP) is 3.62. The third kappa shape index (κ3) is 4.08. The Morgan fingerprint density at radius 1 is 1.25 bits per heavy atom. The second-order valence-corrected chi connectivity index (χ2v) is 5.75. The lowest BCUT2D eigenvalue weighted by atomic mass is 10.4. The fraction of sp³-hybridized carbons (Fsp3) is 0.308. The van der Waals surface area contributed by atoms with Crippen LogP contribution in [0.25, 0.3) is 0 Å².